The summed E-state index contributed by atoms with van der Waals surface area (Å²) in [6.45, 7) is 25.3. The zero-order chi connectivity index (χ0) is 69.2. The van der Waals surface area contributed by atoms with Crippen LogP contribution < -0.4 is 41.9 Å². The summed E-state index contributed by atoms with van der Waals surface area (Å²) in [6, 6.07) is 30.8. The van der Waals surface area contributed by atoms with Crippen LogP contribution in [-0.2, 0) is 31.2 Å². The molecule has 9 rings (SSSR count). The van der Waals surface area contributed by atoms with E-state index in [-0.39, 0.29) is 121 Å². The first-order valence-electron chi connectivity index (χ1n) is 31.0. The Balaban J connectivity index is 1.14. The molecule has 0 radical (unpaired) electrons. The van der Waals surface area contributed by atoms with Crippen LogP contribution >= 0.6 is 92.8 Å². The smallest absolute Gasteiger partial charge is 0.277 e. The second-order valence-corrected chi connectivity index (χ2v) is 29.2. The number of aromatic amines is 2. The fraction of sp³-hybridized carbons (Fsp3) is 0.319. The third kappa shape index (κ3) is 15.9. The number of pyridine rings is 1. The highest BCUT2D eigenvalue weighted by atomic mass is 35.5. The number of hydrogen-bond donors (Lipinski definition) is 6. The standard InChI is InChI=1S/C72H75Cl8N9O6/c1-13-69(5,6)40-17-23-56(46(29-40)71(9,10)15-3)94-37-58(90)82-44-19-21-48(75)54(35-44)84-65-61(67(92)88(86-65)63-50(77)31-42(73)32-51(63)78)60(39-25-27-81-28-26-39)62-66(87-89(68(62)93)64-52(79)33-43(74)34-53(64)80)85-55-36-45(20-22-49(55)76)83-59(91)38-95-57-24-18-41(70(7,8)14-2)30-47(57)72(11,12)16-4/h17-36,60,84-87H,13-16,37-38H2,1-12H3,(H,82,90)(H,83,91). The Labute approximate surface area is 593 Å². The first-order valence-corrected chi connectivity index (χ1v) is 34.0. The Morgan fingerprint density at radius 1 is 0.474 bits per heavy atom. The van der Waals surface area contributed by atoms with Gasteiger partial charge in [0.15, 0.2) is 13.2 Å². The molecule has 0 saturated carbocycles. The fourth-order valence-corrected chi connectivity index (χ4v) is 13.1. The molecular formula is C72H75Cl8N9O6. The number of nitrogens with one attached hydrogen (secondary N) is 6. The van der Waals surface area contributed by atoms with Gasteiger partial charge in [0, 0.05) is 44.9 Å². The van der Waals surface area contributed by atoms with Crippen molar-refractivity contribution in [2.75, 3.05) is 34.5 Å². The minimum atomic E-state index is -1.39. The van der Waals surface area contributed by atoms with E-state index in [1.54, 1.807) is 48.5 Å². The topological polar surface area (TPSA) is 189 Å². The van der Waals surface area contributed by atoms with Gasteiger partial charge in [-0.25, -0.2) is 9.36 Å². The van der Waals surface area contributed by atoms with Gasteiger partial charge in [0.2, 0.25) is 0 Å². The van der Waals surface area contributed by atoms with Crippen LogP contribution in [0.2, 0.25) is 40.2 Å². The van der Waals surface area contributed by atoms with Crippen molar-refractivity contribution in [2.45, 2.75) is 136 Å². The molecule has 6 N–H and O–H groups in total. The summed E-state index contributed by atoms with van der Waals surface area (Å²) in [4.78, 5) is 63.9. The Kier molecular flexibility index (Phi) is 22.3. The lowest BCUT2D eigenvalue weighted by molar-refractivity contribution is -0.118. The molecular weight excluding hydrogens is 1370 g/mol. The normalized spacial score (nSPS) is 12.1. The predicted octanol–water partition coefficient (Wildman–Crippen LogP) is 20.7. The van der Waals surface area contributed by atoms with Crippen molar-refractivity contribution in [2.24, 2.45) is 0 Å². The zero-order valence-electron chi connectivity index (χ0n) is 54.7. The molecule has 0 aliphatic rings. The molecule has 0 unspecified atom stereocenters. The number of amides is 2. The summed E-state index contributed by atoms with van der Waals surface area (Å²) in [5.41, 5.74) is 3.33. The highest BCUT2D eigenvalue weighted by molar-refractivity contribution is 6.41. The van der Waals surface area contributed by atoms with Gasteiger partial charge in [0.25, 0.3) is 22.9 Å². The van der Waals surface area contributed by atoms with Gasteiger partial charge in [-0.15, -0.1) is 0 Å². The first kappa shape index (κ1) is 72.2. The van der Waals surface area contributed by atoms with Crippen LogP contribution in [0.25, 0.3) is 11.4 Å². The first-order chi connectivity index (χ1) is 44.8. The Morgan fingerprint density at radius 3 is 1.18 bits per heavy atom. The van der Waals surface area contributed by atoms with E-state index in [4.69, 9.17) is 102 Å². The third-order valence-corrected chi connectivity index (χ3v) is 20.4. The van der Waals surface area contributed by atoms with Gasteiger partial charge in [0.05, 0.1) is 58.6 Å². The van der Waals surface area contributed by atoms with Crippen LogP contribution in [0.5, 0.6) is 11.5 Å². The van der Waals surface area contributed by atoms with Crippen LogP contribution in [0.1, 0.15) is 154 Å². The van der Waals surface area contributed by atoms with Gasteiger partial charge in [-0.2, -0.15) is 0 Å². The Morgan fingerprint density at radius 2 is 0.832 bits per heavy atom. The summed E-state index contributed by atoms with van der Waals surface area (Å²) in [6.07, 6.45) is 6.53. The lowest BCUT2D eigenvalue weighted by atomic mass is 9.76. The molecule has 2 amide bonds. The average Bonchev–Trinajstić information content (AvgIpc) is 1.60. The van der Waals surface area contributed by atoms with Crippen molar-refractivity contribution < 1.29 is 19.1 Å². The summed E-state index contributed by atoms with van der Waals surface area (Å²) in [5, 5.41) is 19.5. The van der Waals surface area contributed by atoms with Crippen LogP contribution in [0.4, 0.5) is 34.4 Å². The van der Waals surface area contributed by atoms with Gasteiger partial charge in [0.1, 0.15) is 34.5 Å². The van der Waals surface area contributed by atoms with Crippen molar-refractivity contribution in [1.82, 2.24) is 24.5 Å². The molecule has 95 heavy (non-hydrogen) atoms. The Bertz CT molecular complexity index is 4190. The lowest BCUT2D eigenvalue weighted by Crippen LogP contribution is -2.26. The van der Waals surface area contributed by atoms with E-state index in [1.807, 2.05) is 24.3 Å². The number of aromatic nitrogens is 5. The minimum absolute atomic E-state index is 0.00609. The molecule has 6 aromatic carbocycles. The van der Waals surface area contributed by atoms with E-state index in [2.05, 4.69) is 132 Å². The summed E-state index contributed by atoms with van der Waals surface area (Å²) in [5.74, 6) is -1.17. The molecule has 0 saturated heterocycles. The summed E-state index contributed by atoms with van der Waals surface area (Å²) in [7, 11) is 0. The molecule has 15 nitrogen and oxygen atoms in total. The van der Waals surface area contributed by atoms with Crippen LogP contribution in [0.15, 0.2) is 131 Å². The van der Waals surface area contributed by atoms with Crippen LogP contribution in [0.3, 0.4) is 0 Å². The van der Waals surface area contributed by atoms with E-state index >= 15 is 9.59 Å². The van der Waals surface area contributed by atoms with Crippen molar-refractivity contribution >= 4 is 139 Å². The van der Waals surface area contributed by atoms with Crippen molar-refractivity contribution in [3.63, 3.8) is 0 Å². The monoisotopic (exact) mass is 1440 g/mol. The largest absolute Gasteiger partial charge is 0.483 e. The summed E-state index contributed by atoms with van der Waals surface area (Å²) < 4.78 is 14.8. The number of nitrogens with zero attached hydrogens (tertiary/aromatic N) is 3. The average molecular weight is 1450 g/mol. The van der Waals surface area contributed by atoms with E-state index < -0.39 is 28.9 Å². The molecule has 23 heteroatoms. The highest BCUT2D eigenvalue weighted by Crippen LogP contribution is 2.45. The summed E-state index contributed by atoms with van der Waals surface area (Å²) >= 11 is 54.6. The maximum atomic E-state index is 15.9. The van der Waals surface area contributed by atoms with Crippen molar-refractivity contribution in [3.8, 4) is 22.9 Å². The number of benzene rings is 6. The molecule has 3 heterocycles. The molecule has 0 spiro atoms. The fourth-order valence-electron chi connectivity index (χ4n) is 10.8. The molecule has 3 aromatic heterocycles. The van der Waals surface area contributed by atoms with Gasteiger partial charge >= 0.3 is 0 Å². The molecule has 9 aromatic rings. The maximum absolute atomic E-state index is 15.9. The number of carbonyl (C=O) groups excluding carboxylic acids is 2. The predicted molar refractivity (Wildman–Crippen MR) is 392 cm³/mol. The van der Waals surface area contributed by atoms with E-state index in [1.165, 1.54) is 47.8 Å². The number of rotatable bonds is 25. The number of carbonyl (C=O) groups is 2. The molecule has 0 fully saturated rings. The van der Waals surface area contributed by atoms with E-state index in [0.717, 1.165) is 46.2 Å². The number of ether oxygens (including phenoxy) is 2. The second kappa shape index (κ2) is 29.3. The van der Waals surface area contributed by atoms with Crippen LogP contribution in [-0.4, -0.2) is 49.6 Å². The van der Waals surface area contributed by atoms with Gasteiger partial charge < -0.3 is 30.7 Å². The van der Waals surface area contributed by atoms with E-state index in [0.29, 0.717) is 28.4 Å². The molecule has 0 aliphatic heterocycles. The number of hydrogen-bond acceptors (Lipinski definition) is 9. The Hall–Kier alpha value is -7.05. The second-order valence-electron chi connectivity index (χ2n) is 25.9. The van der Waals surface area contributed by atoms with Crippen molar-refractivity contribution in [3.05, 3.63) is 221 Å². The van der Waals surface area contributed by atoms with Gasteiger partial charge in [-0.05, 0) is 149 Å². The quantitative estimate of drug-likeness (QED) is 0.0323. The SMILES string of the molecule is CCC(C)(C)c1ccc(OCC(=O)Nc2ccc(Cl)c(Nc3[nH]n(-c4c(Cl)cc(Cl)cc4Cl)c(=O)c3C(c3ccncc3)c3c(Nc4cc(NC(=O)COc5ccc(C(C)(C)CC)cc5C(C)(C)CC)ccc4Cl)[nH]n(-c4c(Cl)cc(Cl)cc4Cl)c3=O)c2)c(C(C)(C)CC)c1. The van der Waals surface area contributed by atoms with E-state index in [9.17, 15) is 9.59 Å². The number of halogens is 8. The molecule has 500 valence electrons. The van der Waals surface area contributed by atoms with Gasteiger partial charge in [-0.3, -0.25) is 34.4 Å². The molecule has 0 aliphatic carbocycles. The van der Waals surface area contributed by atoms with Gasteiger partial charge in [-0.1, -0.05) is 200 Å². The lowest BCUT2D eigenvalue weighted by Gasteiger charge is -2.30. The minimum Gasteiger partial charge on any atom is -0.483 e. The molecule has 0 atom stereocenters. The molecule has 0 bridgehead atoms. The zero-order valence-corrected chi connectivity index (χ0v) is 60.7. The van der Waals surface area contributed by atoms with Crippen molar-refractivity contribution in [1.29, 1.82) is 0 Å². The number of anilines is 6. The van der Waals surface area contributed by atoms with Crippen LogP contribution in [0, 0.1) is 0 Å². The maximum Gasteiger partial charge on any atom is 0.277 e. The number of H-pyrrole nitrogens is 2. The third-order valence-electron chi connectivity index (χ3n) is 18.1. The highest BCUT2D eigenvalue weighted by Gasteiger charge is 2.36.